The van der Waals surface area contributed by atoms with Crippen LogP contribution >= 0.6 is 5.33 Å². The van der Waals surface area contributed by atoms with Crippen molar-refractivity contribution in [1.82, 2.24) is 4.90 Å². The summed E-state index contributed by atoms with van der Waals surface area (Å²) in [6, 6.07) is 10.9. The molecular formula is C23H50N4PSi4Ta-2. The first-order valence-electron chi connectivity index (χ1n) is 12.2. The van der Waals surface area contributed by atoms with Crippen molar-refractivity contribution in [3.63, 3.8) is 0 Å². The van der Waals surface area contributed by atoms with Gasteiger partial charge in [0.2, 0.25) is 0 Å². The van der Waals surface area contributed by atoms with E-state index in [1.165, 1.54) is 19.8 Å². The van der Waals surface area contributed by atoms with E-state index in [0.717, 1.165) is 39.3 Å². The molecule has 0 amide bonds. The van der Waals surface area contributed by atoms with E-state index in [1.54, 1.807) is 10.5 Å². The van der Waals surface area contributed by atoms with Crippen LogP contribution in [0.2, 0.25) is 72.0 Å². The Morgan fingerprint density at radius 2 is 0.970 bits per heavy atom. The summed E-state index contributed by atoms with van der Waals surface area (Å²) >= 11 is 1.51. The fourth-order valence-corrected chi connectivity index (χ4v) is 10.8. The Balaban J connectivity index is 0.000000771. The van der Waals surface area contributed by atoms with Gasteiger partial charge in [0.15, 0.2) is 0 Å². The van der Waals surface area contributed by atoms with E-state index in [4.69, 9.17) is 14.9 Å². The Morgan fingerprint density at radius 3 is 1.24 bits per heavy atom. The average molecular weight is 707 g/mol. The standard InChI is InChI=1S/C15H39N4Si3.C8H11PSi.Ta/c1-20(2,3)16-10-13-19(14-11-17-21(4,5)6)15-12-18-22(7,8)9;1-10(2,9)8-6-4-3-5-7-8;/h10-15H2,1-9H3;3-7H,1-2H3;/q-3;+1;. The fourth-order valence-electron chi connectivity index (χ4n) is 2.82. The average Bonchev–Trinajstić information content (AvgIpc) is 2.66. The quantitative estimate of drug-likeness (QED) is 0.156. The van der Waals surface area contributed by atoms with Crippen molar-refractivity contribution in [2.24, 2.45) is 0 Å². The van der Waals surface area contributed by atoms with Crippen molar-refractivity contribution in [2.45, 2.75) is 72.0 Å². The Kier molecular flexibility index (Phi) is 16.6. The van der Waals surface area contributed by atoms with Crippen molar-refractivity contribution in [3.8, 4) is 0 Å². The molecule has 0 unspecified atom stereocenters. The molecule has 33 heavy (non-hydrogen) atoms. The van der Waals surface area contributed by atoms with Crippen molar-refractivity contribution in [2.75, 3.05) is 39.3 Å². The van der Waals surface area contributed by atoms with Crippen LogP contribution in [0.15, 0.2) is 30.3 Å². The zero-order valence-electron chi connectivity index (χ0n) is 23.3. The summed E-state index contributed by atoms with van der Waals surface area (Å²) in [7, 11) is -4.88. The second-order valence-corrected chi connectivity index (χ2v) is 40.3. The first kappa shape index (κ1) is 34.1. The molecule has 190 valence electrons. The van der Waals surface area contributed by atoms with Crippen LogP contribution in [0.4, 0.5) is 0 Å². The van der Waals surface area contributed by atoms with Gasteiger partial charge in [-0.2, -0.15) is 0 Å². The molecular weight excluding hydrogens is 657 g/mol. The summed E-state index contributed by atoms with van der Waals surface area (Å²) in [5, 5.41) is 3.26. The molecule has 0 saturated heterocycles. The van der Waals surface area contributed by atoms with E-state index in [-0.39, 0.29) is 0 Å². The van der Waals surface area contributed by atoms with Crippen LogP contribution < -0.4 is 5.19 Å². The van der Waals surface area contributed by atoms with Gasteiger partial charge in [-0.25, -0.2) is 0 Å². The van der Waals surface area contributed by atoms with Crippen LogP contribution in [-0.4, -0.2) is 76.6 Å². The number of nitrogens with zero attached hydrogens (tertiary/aromatic N) is 4. The molecule has 0 radical (unpaired) electrons. The molecule has 0 aliphatic rings. The minimum atomic E-state index is -1.28. The number of benzene rings is 1. The van der Waals surface area contributed by atoms with Crippen LogP contribution in [0.25, 0.3) is 14.9 Å². The summed E-state index contributed by atoms with van der Waals surface area (Å²) in [6.07, 6.45) is 0. The third kappa shape index (κ3) is 20.9. The van der Waals surface area contributed by atoms with E-state index in [9.17, 15) is 0 Å². The summed E-state index contributed by atoms with van der Waals surface area (Å²) in [6.45, 7) is 31.7. The maximum absolute atomic E-state index is 4.86. The fraction of sp³-hybridized carbons (Fsp3) is 0.739. The van der Waals surface area contributed by atoms with Crippen LogP contribution in [0, 0.1) is 0 Å². The van der Waals surface area contributed by atoms with Gasteiger partial charge in [-0.3, -0.25) is 0 Å². The molecule has 4 nitrogen and oxygen atoms in total. The van der Waals surface area contributed by atoms with Gasteiger partial charge in [-0.05, 0) is 19.6 Å². The van der Waals surface area contributed by atoms with E-state index < -0.39 is 32.4 Å². The molecule has 0 atom stereocenters. The van der Waals surface area contributed by atoms with Crippen LogP contribution in [0.1, 0.15) is 0 Å². The summed E-state index contributed by atoms with van der Waals surface area (Å²) in [5.41, 5.74) is 0. The predicted molar refractivity (Wildman–Crippen MR) is 162 cm³/mol. The maximum atomic E-state index is 4.86. The third-order valence-electron chi connectivity index (χ3n) is 4.74. The van der Waals surface area contributed by atoms with Gasteiger partial charge in [-0.15, -0.1) is 19.6 Å². The minimum absolute atomic E-state index is 0.968. The Hall–Kier alpha value is 1.10. The van der Waals surface area contributed by atoms with Gasteiger partial charge >= 0.3 is 81.5 Å². The monoisotopic (exact) mass is 706 g/mol. The molecule has 0 aliphatic carbocycles. The summed E-state index contributed by atoms with van der Waals surface area (Å²) in [4.78, 5) is 17.1. The van der Waals surface area contributed by atoms with Crippen LogP contribution in [0.3, 0.4) is 0 Å². The van der Waals surface area contributed by atoms with Gasteiger partial charge in [0.25, 0.3) is 0 Å². The van der Waals surface area contributed by atoms with E-state index >= 15 is 0 Å². The molecule has 1 rings (SSSR count). The molecule has 0 N–H and O–H groups in total. The molecule has 10 heteroatoms. The number of rotatable bonds is 13. The zero-order valence-corrected chi connectivity index (χ0v) is 31.4. The van der Waals surface area contributed by atoms with Crippen molar-refractivity contribution in [3.05, 3.63) is 45.3 Å². The SMILES string of the molecule is C[Si](C)(C)[N-]CCN(CC[N-][Si](C)(C)C)CC[N-][Si](C)(C)C.C[Si](C)([P+]#[Ta])c1ccccc1. The number of hydrogen-bond donors (Lipinski definition) is 0. The van der Waals surface area contributed by atoms with Gasteiger partial charge in [-0.1, -0.05) is 83.6 Å². The van der Waals surface area contributed by atoms with Crippen LogP contribution in [0.5, 0.6) is 0 Å². The second-order valence-electron chi connectivity index (χ2n) is 12.0. The molecule has 0 fully saturated rings. The zero-order chi connectivity index (χ0) is 25.8. The van der Waals surface area contributed by atoms with E-state index in [1.807, 2.05) is 0 Å². The number of hydrogen-bond acceptors (Lipinski definition) is 1. The normalized spacial score (nSPS) is 12.9. The molecule has 1 aromatic carbocycles. The summed E-state index contributed by atoms with van der Waals surface area (Å²) in [5.74, 6) is 0. The van der Waals surface area contributed by atoms with Crippen LogP contribution in [-0.2, 0) is 19.8 Å². The topological polar surface area (TPSA) is 45.5 Å². The molecule has 0 spiro atoms. The van der Waals surface area contributed by atoms with E-state index in [0.29, 0.717) is 0 Å². The second kappa shape index (κ2) is 16.0. The molecule has 0 saturated carbocycles. The Morgan fingerprint density at radius 1 is 0.636 bits per heavy atom. The third-order valence-corrected chi connectivity index (χ3v) is 28.9. The Bertz CT molecular complexity index is 648. The van der Waals surface area contributed by atoms with Gasteiger partial charge in [0.05, 0.1) is 0 Å². The van der Waals surface area contributed by atoms with Gasteiger partial charge in [0.1, 0.15) is 0 Å². The van der Waals surface area contributed by atoms with Crippen molar-refractivity contribution in [1.29, 1.82) is 0 Å². The molecule has 0 aliphatic heterocycles. The molecule has 1 aromatic rings. The first-order chi connectivity index (χ1) is 15.0. The molecule has 0 bridgehead atoms. The molecule has 0 aromatic heterocycles. The van der Waals surface area contributed by atoms with Crippen molar-refractivity contribution < 1.29 is 19.8 Å². The van der Waals surface area contributed by atoms with Gasteiger partial charge in [0, 0.05) is 0 Å². The molecule has 0 heterocycles. The Labute approximate surface area is 223 Å². The predicted octanol–water partition coefficient (Wildman–Crippen LogP) is 7.42. The van der Waals surface area contributed by atoms with Gasteiger partial charge < -0.3 is 19.8 Å². The van der Waals surface area contributed by atoms with Crippen molar-refractivity contribution >= 4 is 43.0 Å². The first-order valence-corrected chi connectivity index (χ1v) is 31.5. The summed E-state index contributed by atoms with van der Waals surface area (Å²) < 4.78 is 0. The van der Waals surface area contributed by atoms with E-state index in [2.05, 4.69) is 107 Å².